The topological polar surface area (TPSA) is 86.5 Å². The molecule has 1 heterocycles. The minimum absolute atomic E-state index is 0.178. The molecular weight excluding hydrogens is 406 g/mol. The van der Waals surface area contributed by atoms with Gasteiger partial charge in [0.1, 0.15) is 18.1 Å². The monoisotopic (exact) mass is 429 g/mol. The molecule has 7 heteroatoms. The number of rotatable bonds is 9. The fourth-order valence-electron chi connectivity index (χ4n) is 3.04. The van der Waals surface area contributed by atoms with E-state index in [1.807, 2.05) is 61.5 Å². The predicted molar refractivity (Wildman–Crippen MR) is 121 cm³/mol. The Morgan fingerprint density at radius 1 is 0.812 bits per heavy atom. The highest BCUT2D eigenvalue weighted by Gasteiger charge is 2.11. The van der Waals surface area contributed by atoms with Crippen LogP contribution in [0.15, 0.2) is 83.3 Å². The van der Waals surface area contributed by atoms with Crippen molar-refractivity contribution in [1.29, 1.82) is 0 Å². The maximum atomic E-state index is 12.4. The highest BCUT2D eigenvalue weighted by molar-refractivity contribution is 5.94. The van der Waals surface area contributed by atoms with Crippen molar-refractivity contribution < 1.29 is 18.7 Å². The highest BCUT2D eigenvalue weighted by Crippen LogP contribution is 2.24. The molecule has 0 aliphatic heterocycles. The molecule has 1 N–H and O–H groups in total. The smallest absolute Gasteiger partial charge is 0.251 e. The van der Waals surface area contributed by atoms with E-state index in [2.05, 4.69) is 15.5 Å². The summed E-state index contributed by atoms with van der Waals surface area (Å²) in [6, 6.07) is 24.0. The summed E-state index contributed by atoms with van der Waals surface area (Å²) in [7, 11) is 0. The molecule has 4 rings (SSSR count). The Morgan fingerprint density at radius 2 is 1.41 bits per heavy atom. The molecule has 1 amide bonds. The van der Waals surface area contributed by atoms with Crippen LogP contribution in [-0.2, 0) is 0 Å². The molecule has 3 aromatic carbocycles. The van der Waals surface area contributed by atoms with Gasteiger partial charge in [0.25, 0.3) is 5.91 Å². The molecule has 0 fully saturated rings. The lowest BCUT2D eigenvalue weighted by Crippen LogP contribution is -2.28. The van der Waals surface area contributed by atoms with E-state index in [0.29, 0.717) is 37.1 Å². The van der Waals surface area contributed by atoms with Crippen LogP contribution in [0.2, 0.25) is 0 Å². The van der Waals surface area contributed by atoms with Gasteiger partial charge in [-0.3, -0.25) is 4.79 Å². The summed E-state index contributed by atoms with van der Waals surface area (Å²) in [4.78, 5) is 12.4. The van der Waals surface area contributed by atoms with Crippen molar-refractivity contribution in [2.24, 2.45) is 0 Å². The van der Waals surface area contributed by atoms with Gasteiger partial charge in [0.2, 0.25) is 11.8 Å². The SMILES string of the molecule is CCOc1ccc(OCCNC(=O)c2ccc(-c3nnc(-c4ccccc4)o3)cc2)cc1. The zero-order valence-corrected chi connectivity index (χ0v) is 17.7. The first-order valence-corrected chi connectivity index (χ1v) is 10.4. The molecule has 162 valence electrons. The molecule has 0 radical (unpaired) electrons. The zero-order valence-electron chi connectivity index (χ0n) is 17.7. The Kier molecular flexibility index (Phi) is 6.77. The first kappa shape index (κ1) is 21.1. The number of carbonyl (C=O) groups is 1. The maximum Gasteiger partial charge on any atom is 0.251 e. The van der Waals surface area contributed by atoms with Gasteiger partial charge in [-0.05, 0) is 67.6 Å². The van der Waals surface area contributed by atoms with Crippen LogP contribution < -0.4 is 14.8 Å². The molecule has 0 atom stereocenters. The van der Waals surface area contributed by atoms with Crippen molar-refractivity contribution in [3.8, 4) is 34.4 Å². The predicted octanol–water partition coefficient (Wildman–Crippen LogP) is 4.61. The molecule has 1 aromatic heterocycles. The van der Waals surface area contributed by atoms with E-state index in [1.165, 1.54) is 0 Å². The number of hydrogen-bond acceptors (Lipinski definition) is 6. The van der Waals surface area contributed by atoms with Gasteiger partial charge in [-0.1, -0.05) is 18.2 Å². The van der Waals surface area contributed by atoms with Crippen molar-refractivity contribution in [2.75, 3.05) is 19.8 Å². The quantitative estimate of drug-likeness (QED) is 0.391. The summed E-state index contributed by atoms with van der Waals surface area (Å²) in [5.41, 5.74) is 2.14. The molecule has 0 unspecified atom stereocenters. The minimum atomic E-state index is -0.178. The second-order valence-corrected chi connectivity index (χ2v) is 6.86. The van der Waals surface area contributed by atoms with E-state index in [4.69, 9.17) is 13.9 Å². The average molecular weight is 429 g/mol. The lowest BCUT2D eigenvalue weighted by molar-refractivity contribution is 0.0947. The van der Waals surface area contributed by atoms with Crippen LogP contribution in [0.1, 0.15) is 17.3 Å². The van der Waals surface area contributed by atoms with Gasteiger partial charge < -0.3 is 19.2 Å². The Bertz CT molecular complexity index is 1140. The Balaban J connectivity index is 1.27. The van der Waals surface area contributed by atoms with Gasteiger partial charge in [-0.25, -0.2) is 0 Å². The van der Waals surface area contributed by atoms with Crippen LogP contribution in [0.25, 0.3) is 22.9 Å². The molecule has 4 aromatic rings. The van der Waals surface area contributed by atoms with E-state index in [1.54, 1.807) is 24.3 Å². The fourth-order valence-corrected chi connectivity index (χ4v) is 3.04. The second kappa shape index (κ2) is 10.3. The van der Waals surface area contributed by atoms with E-state index in [9.17, 15) is 4.79 Å². The summed E-state index contributed by atoms with van der Waals surface area (Å²) in [6.45, 7) is 3.31. The van der Waals surface area contributed by atoms with Crippen LogP contribution in [0, 0.1) is 0 Å². The van der Waals surface area contributed by atoms with Gasteiger partial charge in [0.05, 0.1) is 13.2 Å². The largest absolute Gasteiger partial charge is 0.494 e. The first-order chi connectivity index (χ1) is 15.7. The van der Waals surface area contributed by atoms with Gasteiger partial charge >= 0.3 is 0 Å². The summed E-state index contributed by atoms with van der Waals surface area (Å²) in [5, 5.41) is 11.0. The summed E-state index contributed by atoms with van der Waals surface area (Å²) in [6.07, 6.45) is 0. The number of aromatic nitrogens is 2. The van der Waals surface area contributed by atoms with Crippen molar-refractivity contribution in [3.63, 3.8) is 0 Å². The van der Waals surface area contributed by atoms with Crippen LogP contribution >= 0.6 is 0 Å². The number of amides is 1. The standard InChI is InChI=1S/C25H23N3O4/c1-2-30-21-12-14-22(15-13-21)31-17-16-26-23(29)18-8-10-20(11-9-18)25-28-27-24(32-25)19-6-4-3-5-7-19/h3-15H,2,16-17H2,1H3,(H,26,29). The normalized spacial score (nSPS) is 10.5. The van der Waals surface area contributed by atoms with E-state index >= 15 is 0 Å². The fraction of sp³-hybridized carbons (Fsp3) is 0.160. The molecule has 32 heavy (non-hydrogen) atoms. The molecule has 0 bridgehead atoms. The molecule has 0 aliphatic rings. The lowest BCUT2D eigenvalue weighted by atomic mass is 10.1. The molecule has 0 aliphatic carbocycles. The van der Waals surface area contributed by atoms with Gasteiger partial charge in [0.15, 0.2) is 0 Å². The van der Waals surface area contributed by atoms with Gasteiger partial charge in [0, 0.05) is 16.7 Å². The van der Waals surface area contributed by atoms with Crippen molar-refractivity contribution in [2.45, 2.75) is 6.92 Å². The third-order valence-electron chi connectivity index (χ3n) is 4.63. The molecule has 0 spiro atoms. The first-order valence-electron chi connectivity index (χ1n) is 10.4. The number of carbonyl (C=O) groups excluding carboxylic acids is 1. The molecule has 0 saturated heterocycles. The lowest BCUT2D eigenvalue weighted by Gasteiger charge is -2.09. The number of ether oxygens (including phenoxy) is 2. The molecule has 7 nitrogen and oxygen atoms in total. The van der Waals surface area contributed by atoms with Crippen LogP contribution in [0.4, 0.5) is 0 Å². The average Bonchev–Trinajstić information content (AvgIpc) is 3.34. The van der Waals surface area contributed by atoms with Crippen LogP contribution in [-0.4, -0.2) is 35.9 Å². The summed E-state index contributed by atoms with van der Waals surface area (Å²) in [5.74, 6) is 2.20. The molecule has 0 saturated carbocycles. The van der Waals surface area contributed by atoms with E-state index in [0.717, 1.165) is 22.6 Å². The van der Waals surface area contributed by atoms with E-state index in [-0.39, 0.29) is 5.91 Å². The summed E-state index contributed by atoms with van der Waals surface area (Å²) >= 11 is 0. The van der Waals surface area contributed by atoms with Crippen LogP contribution in [0.3, 0.4) is 0 Å². The number of nitrogens with zero attached hydrogens (tertiary/aromatic N) is 2. The third-order valence-corrected chi connectivity index (χ3v) is 4.63. The third kappa shape index (κ3) is 5.31. The van der Waals surface area contributed by atoms with Crippen molar-refractivity contribution >= 4 is 5.91 Å². The Morgan fingerprint density at radius 3 is 2.03 bits per heavy atom. The molecular formula is C25H23N3O4. The Labute approximate surface area is 186 Å². The second-order valence-electron chi connectivity index (χ2n) is 6.86. The van der Waals surface area contributed by atoms with Crippen molar-refractivity contribution in [1.82, 2.24) is 15.5 Å². The summed E-state index contributed by atoms with van der Waals surface area (Å²) < 4.78 is 16.8. The van der Waals surface area contributed by atoms with Crippen LogP contribution in [0.5, 0.6) is 11.5 Å². The van der Waals surface area contributed by atoms with Crippen molar-refractivity contribution in [3.05, 3.63) is 84.4 Å². The van der Waals surface area contributed by atoms with Gasteiger partial charge in [-0.2, -0.15) is 0 Å². The minimum Gasteiger partial charge on any atom is -0.494 e. The van der Waals surface area contributed by atoms with E-state index < -0.39 is 0 Å². The highest BCUT2D eigenvalue weighted by atomic mass is 16.5. The maximum absolute atomic E-state index is 12.4. The number of benzene rings is 3. The Hall–Kier alpha value is -4.13. The van der Waals surface area contributed by atoms with Gasteiger partial charge in [-0.15, -0.1) is 10.2 Å². The number of nitrogens with one attached hydrogen (secondary N) is 1. The zero-order chi connectivity index (χ0) is 22.2. The number of hydrogen-bond donors (Lipinski definition) is 1.